The molecule has 0 aromatic carbocycles. The highest BCUT2D eigenvalue weighted by Crippen LogP contribution is 2.27. The molecular weight excluding hydrogens is 270 g/mol. The third-order valence-electron chi connectivity index (χ3n) is 2.57. The normalized spacial score (nSPS) is 12.6. The highest BCUT2D eigenvalue weighted by atomic mass is 32.2. The maximum Gasteiger partial charge on any atom is 0.313 e. The van der Waals surface area contributed by atoms with Gasteiger partial charge in [0.05, 0.1) is 11.8 Å². The predicted molar refractivity (Wildman–Crippen MR) is 71.3 cm³/mol. The molecule has 7 heteroatoms. The lowest BCUT2D eigenvalue weighted by Gasteiger charge is -2.15. The second-order valence-electron chi connectivity index (χ2n) is 3.81. The van der Waals surface area contributed by atoms with Gasteiger partial charge in [-0.25, -0.2) is 0 Å². The maximum atomic E-state index is 10.6. The fourth-order valence-corrected chi connectivity index (χ4v) is 3.21. The number of hydrogen-bond donors (Lipinski definition) is 1. The number of thioether (sulfide) groups is 1. The van der Waals surface area contributed by atoms with Crippen LogP contribution in [0.2, 0.25) is 0 Å². The molecule has 0 saturated carbocycles. The Morgan fingerprint density at radius 1 is 1.61 bits per heavy atom. The summed E-state index contributed by atoms with van der Waals surface area (Å²) in [4.78, 5) is 10.6. The molecule has 96 valence electrons. The first-order valence-corrected chi connectivity index (χ1v) is 7.30. The summed E-state index contributed by atoms with van der Waals surface area (Å²) in [6, 6.07) is 2.17. The van der Waals surface area contributed by atoms with Crippen molar-refractivity contribution in [3.63, 3.8) is 0 Å². The Labute approximate surface area is 113 Å². The molecule has 0 bridgehead atoms. The van der Waals surface area contributed by atoms with E-state index in [1.54, 1.807) is 11.3 Å². The summed E-state index contributed by atoms with van der Waals surface area (Å²) in [6.45, 7) is 3.93. The van der Waals surface area contributed by atoms with Crippen molar-refractivity contribution in [3.8, 4) is 0 Å². The van der Waals surface area contributed by atoms with Gasteiger partial charge in [0, 0.05) is 0 Å². The standard InChI is InChI=1S/C11H13N3O2S2/c1-7(9-3-4-17-5-9)14-8(2)12-13-11(14)18-6-10(15)16/h3-5,7H,6H2,1-2H3,(H,15,16). The zero-order chi connectivity index (χ0) is 13.1. The molecule has 18 heavy (non-hydrogen) atoms. The van der Waals surface area contributed by atoms with Crippen molar-refractivity contribution >= 4 is 29.1 Å². The first-order chi connectivity index (χ1) is 8.59. The highest BCUT2D eigenvalue weighted by Gasteiger charge is 2.17. The van der Waals surface area contributed by atoms with Crippen LogP contribution >= 0.6 is 23.1 Å². The second kappa shape index (κ2) is 5.53. The minimum Gasteiger partial charge on any atom is -0.481 e. The fraction of sp³-hybridized carbons (Fsp3) is 0.364. The lowest BCUT2D eigenvalue weighted by molar-refractivity contribution is -0.133. The smallest absolute Gasteiger partial charge is 0.313 e. The van der Waals surface area contributed by atoms with Gasteiger partial charge in [-0.05, 0) is 36.2 Å². The van der Waals surface area contributed by atoms with Crippen LogP contribution in [0.25, 0.3) is 0 Å². The number of hydrogen-bond acceptors (Lipinski definition) is 5. The quantitative estimate of drug-likeness (QED) is 0.854. The van der Waals surface area contributed by atoms with E-state index in [2.05, 4.69) is 28.6 Å². The number of aromatic nitrogens is 3. The minimum absolute atomic E-state index is 0.00547. The Morgan fingerprint density at radius 2 is 2.39 bits per heavy atom. The largest absolute Gasteiger partial charge is 0.481 e. The molecule has 0 fully saturated rings. The third kappa shape index (κ3) is 2.73. The summed E-state index contributed by atoms with van der Waals surface area (Å²) >= 11 is 2.83. The first kappa shape index (κ1) is 13.1. The second-order valence-corrected chi connectivity index (χ2v) is 5.54. The molecule has 0 amide bonds. The van der Waals surface area contributed by atoms with E-state index in [1.807, 2.05) is 16.9 Å². The van der Waals surface area contributed by atoms with Gasteiger partial charge in [-0.15, -0.1) is 10.2 Å². The van der Waals surface area contributed by atoms with Crippen LogP contribution in [0, 0.1) is 6.92 Å². The van der Waals surface area contributed by atoms with Crippen molar-refractivity contribution < 1.29 is 9.90 Å². The molecule has 0 radical (unpaired) electrons. The van der Waals surface area contributed by atoms with Crippen LogP contribution in [0.4, 0.5) is 0 Å². The summed E-state index contributed by atoms with van der Waals surface area (Å²) in [6.07, 6.45) is 0. The SMILES string of the molecule is Cc1nnc(SCC(=O)O)n1C(C)c1ccsc1. The van der Waals surface area contributed by atoms with Crippen LogP contribution in [-0.2, 0) is 4.79 Å². The molecule has 0 aliphatic carbocycles. The van der Waals surface area contributed by atoms with E-state index >= 15 is 0 Å². The van der Waals surface area contributed by atoms with Gasteiger partial charge in [-0.1, -0.05) is 11.8 Å². The van der Waals surface area contributed by atoms with Crippen LogP contribution in [0.5, 0.6) is 0 Å². The number of nitrogens with zero attached hydrogens (tertiary/aromatic N) is 3. The van der Waals surface area contributed by atoms with E-state index in [0.717, 1.165) is 5.82 Å². The molecule has 2 heterocycles. The Morgan fingerprint density at radius 3 is 3.00 bits per heavy atom. The predicted octanol–water partition coefficient (Wildman–Crippen LogP) is 2.43. The molecule has 1 unspecified atom stereocenters. The molecule has 0 saturated heterocycles. The molecule has 2 aromatic rings. The van der Waals surface area contributed by atoms with Crippen molar-refractivity contribution in [2.45, 2.75) is 25.0 Å². The zero-order valence-corrected chi connectivity index (χ0v) is 11.7. The Hall–Kier alpha value is -1.34. The molecule has 5 nitrogen and oxygen atoms in total. The molecule has 0 aliphatic heterocycles. The van der Waals surface area contributed by atoms with Crippen LogP contribution < -0.4 is 0 Å². The van der Waals surface area contributed by atoms with Gasteiger partial charge in [0.25, 0.3) is 0 Å². The minimum atomic E-state index is -0.851. The van der Waals surface area contributed by atoms with Crippen molar-refractivity contribution in [3.05, 3.63) is 28.2 Å². The number of aryl methyl sites for hydroxylation is 1. The van der Waals surface area contributed by atoms with Crippen molar-refractivity contribution in [1.82, 2.24) is 14.8 Å². The van der Waals surface area contributed by atoms with E-state index in [4.69, 9.17) is 5.11 Å². The van der Waals surface area contributed by atoms with Crippen LogP contribution in [0.3, 0.4) is 0 Å². The number of carboxylic acids is 1. The average molecular weight is 283 g/mol. The number of carbonyl (C=O) groups is 1. The molecule has 2 rings (SSSR count). The van der Waals surface area contributed by atoms with Gasteiger partial charge < -0.3 is 5.11 Å². The van der Waals surface area contributed by atoms with Gasteiger partial charge >= 0.3 is 5.97 Å². The summed E-state index contributed by atoms with van der Waals surface area (Å²) in [5, 5.41) is 21.5. The maximum absolute atomic E-state index is 10.6. The lowest BCUT2D eigenvalue weighted by atomic mass is 10.2. The van der Waals surface area contributed by atoms with Crippen molar-refractivity contribution in [2.75, 3.05) is 5.75 Å². The van der Waals surface area contributed by atoms with E-state index in [-0.39, 0.29) is 11.8 Å². The molecule has 0 aliphatic rings. The highest BCUT2D eigenvalue weighted by molar-refractivity contribution is 7.99. The molecular formula is C11H13N3O2S2. The Balaban J connectivity index is 2.26. The van der Waals surface area contributed by atoms with E-state index in [1.165, 1.54) is 17.3 Å². The number of thiophene rings is 1. The van der Waals surface area contributed by atoms with Crippen molar-refractivity contribution in [2.24, 2.45) is 0 Å². The van der Waals surface area contributed by atoms with Crippen LogP contribution in [0.1, 0.15) is 24.4 Å². The molecule has 1 atom stereocenters. The van der Waals surface area contributed by atoms with Gasteiger partial charge in [-0.2, -0.15) is 11.3 Å². The Bertz CT molecular complexity index is 536. The van der Waals surface area contributed by atoms with E-state index < -0.39 is 5.97 Å². The number of carboxylic acid groups (broad SMARTS) is 1. The summed E-state index contributed by atoms with van der Waals surface area (Å²) < 4.78 is 1.97. The van der Waals surface area contributed by atoms with Crippen molar-refractivity contribution in [1.29, 1.82) is 0 Å². The topological polar surface area (TPSA) is 68.0 Å². The number of aliphatic carboxylic acids is 1. The summed E-state index contributed by atoms with van der Waals surface area (Å²) in [5.74, 6) is -0.0638. The van der Waals surface area contributed by atoms with Gasteiger partial charge in [0.1, 0.15) is 5.82 Å². The molecule has 0 spiro atoms. The van der Waals surface area contributed by atoms with Crippen LogP contribution in [-0.4, -0.2) is 31.6 Å². The zero-order valence-electron chi connectivity index (χ0n) is 10.0. The summed E-state index contributed by atoms with van der Waals surface area (Å²) in [7, 11) is 0. The Kier molecular flexibility index (Phi) is 4.03. The average Bonchev–Trinajstić information content (AvgIpc) is 2.94. The fourth-order valence-electron chi connectivity index (χ4n) is 1.68. The number of rotatable bonds is 5. The van der Waals surface area contributed by atoms with Gasteiger partial charge in [0.2, 0.25) is 0 Å². The van der Waals surface area contributed by atoms with E-state index in [0.29, 0.717) is 5.16 Å². The lowest BCUT2D eigenvalue weighted by Crippen LogP contribution is -2.10. The van der Waals surface area contributed by atoms with Crippen LogP contribution in [0.15, 0.2) is 22.0 Å². The molecule has 2 aromatic heterocycles. The monoisotopic (exact) mass is 283 g/mol. The molecule has 1 N–H and O–H groups in total. The van der Waals surface area contributed by atoms with Gasteiger partial charge in [0.15, 0.2) is 5.16 Å². The first-order valence-electron chi connectivity index (χ1n) is 5.37. The van der Waals surface area contributed by atoms with Gasteiger partial charge in [-0.3, -0.25) is 9.36 Å². The summed E-state index contributed by atoms with van der Waals surface area (Å²) in [5.41, 5.74) is 1.18. The van der Waals surface area contributed by atoms with E-state index in [9.17, 15) is 4.79 Å². The third-order valence-corrected chi connectivity index (χ3v) is 4.20.